The van der Waals surface area contributed by atoms with Gasteiger partial charge in [0.2, 0.25) is 5.75 Å². The van der Waals surface area contributed by atoms with Gasteiger partial charge in [-0.1, -0.05) is 6.07 Å². The standard InChI is InChI=1S/C15H26O6Si/c1-16-13-10-9-12(14(17-2)15(13)18-3)8-7-11-22(19-4,20-5)21-6/h9-10H,7-8,11H2,1-6H3. The van der Waals surface area contributed by atoms with Crippen LogP contribution >= 0.6 is 0 Å². The van der Waals surface area contributed by atoms with Gasteiger partial charge in [-0.05, 0) is 24.5 Å². The Kier molecular flexibility index (Phi) is 7.67. The van der Waals surface area contributed by atoms with Crippen molar-refractivity contribution in [3.63, 3.8) is 0 Å². The van der Waals surface area contributed by atoms with Crippen molar-refractivity contribution in [1.29, 1.82) is 0 Å². The smallest absolute Gasteiger partial charge is 0.493 e. The van der Waals surface area contributed by atoms with E-state index in [1.807, 2.05) is 12.1 Å². The highest BCUT2D eigenvalue weighted by Crippen LogP contribution is 2.40. The van der Waals surface area contributed by atoms with E-state index >= 15 is 0 Å². The summed E-state index contributed by atoms with van der Waals surface area (Å²) in [4.78, 5) is 0. The molecule has 7 heteroatoms. The predicted molar refractivity (Wildman–Crippen MR) is 86.0 cm³/mol. The topological polar surface area (TPSA) is 55.4 Å². The van der Waals surface area contributed by atoms with E-state index in [1.54, 1.807) is 42.7 Å². The van der Waals surface area contributed by atoms with Crippen molar-refractivity contribution >= 4 is 8.80 Å². The molecule has 0 heterocycles. The summed E-state index contributed by atoms with van der Waals surface area (Å²) in [6.07, 6.45) is 1.65. The minimum atomic E-state index is -2.54. The lowest BCUT2D eigenvalue weighted by atomic mass is 10.1. The van der Waals surface area contributed by atoms with Crippen LogP contribution in [0, 0.1) is 0 Å². The lowest BCUT2D eigenvalue weighted by Crippen LogP contribution is -2.42. The molecule has 22 heavy (non-hydrogen) atoms. The molecule has 1 aromatic carbocycles. The molecule has 6 nitrogen and oxygen atoms in total. The first-order valence-electron chi connectivity index (χ1n) is 7.04. The van der Waals surface area contributed by atoms with Crippen molar-refractivity contribution in [2.45, 2.75) is 18.9 Å². The summed E-state index contributed by atoms with van der Waals surface area (Å²) in [6.45, 7) is 0. The largest absolute Gasteiger partial charge is 0.500 e. The average Bonchev–Trinajstić information content (AvgIpc) is 2.58. The van der Waals surface area contributed by atoms with Crippen molar-refractivity contribution in [3.05, 3.63) is 17.7 Å². The van der Waals surface area contributed by atoms with Crippen molar-refractivity contribution in [2.24, 2.45) is 0 Å². The molecule has 126 valence electrons. The zero-order valence-electron chi connectivity index (χ0n) is 14.2. The quantitative estimate of drug-likeness (QED) is 0.615. The number of aryl methyl sites for hydroxylation is 1. The van der Waals surface area contributed by atoms with Crippen molar-refractivity contribution in [2.75, 3.05) is 42.7 Å². The molecule has 0 unspecified atom stereocenters. The zero-order valence-corrected chi connectivity index (χ0v) is 15.2. The lowest BCUT2D eigenvalue weighted by molar-refractivity contribution is 0.123. The Hall–Kier alpha value is -1.28. The van der Waals surface area contributed by atoms with Crippen LogP contribution in [0.25, 0.3) is 0 Å². The summed E-state index contributed by atoms with van der Waals surface area (Å²) in [7, 11) is 7.16. The fourth-order valence-corrected chi connectivity index (χ4v) is 4.13. The number of hydrogen-bond acceptors (Lipinski definition) is 6. The molecule has 0 aliphatic heterocycles. The Morgan fingerprint density at radius 3 is 1.82 bits per heavy atom. The maximum Gasteiger partial charge on any atom is 0.500 e. The molecule has 0 atom stereocenters. The molecule has 0 N–H and O–H groups in total. The molecule has 0 aliphatic rings. The zero-order chi connectivity index (χ0) is 16.6. The monoisotopic (exact) mass is 330 g/mol. The highest BCUT2D eigenvalue weighted by Gasteiger charge is 2.37. The Labute approximate surface area is 133 Å². The van der Waals surface area contributed by atoms with Crippen molar-refractivity contribution < 1.29 is 27.5 Å². The van der Waals surface area contributed by atoms with Gasteiger partial charge in [-0.3, -0.25) is 0 Å². The summed E-state index contributed by atoms with van der Waals surface area (Å²) >= 11 is 0. The van der Waals surface area contributed by atoms with Crippen LogP contribution in [0.5, 0.6) is 17.2 Å². The van der Waals surface area contributed by atoms with Crippen LogP contribution in [0.1, 0.15) is 12.0 Å². The second-order valence-corrected chi connectivity index (χ2v) is 7.73. The normalized spacial score (nSPS) is 11.4. The van der Waals surface area contributed by atoms with Gasteiger partial charge in [-0.2, -0.15) is 0 Å². The second-order valence-electron chi connectivity index (χ2n) is 4.64. The molecule has 0 amide bonds. The van der Waals surface area contributed by atoms with E-state index < -0.39 is 8.80 Å². The maximum atomic E-state index is 5.48. The van der Waals surface area contributed by atoms with Gasteiger partial charge in [0.15, 0.2) is 11.5 Å². The molecule has 0 aliphatic carbocycles. The first-order chi connectivity index (χ1) is 10.6. The highest BCUT2D eigenvalue weighted by molar-refractivity contribution is 6.60. The van der Waals surface area contributed by atoms with Gasteiger partial charge in [0.1, 0.15) is 0 Å². The summed E-state index contributed by atoms with van der Waals surface area (Å²) in [6, 6.07) is 4.59. The summed E-state index contributed by atoms with van der Waals surface area (Å²) < 4.78 is 32.5. The van der Waals surface area contributed by atoms with Gasteiger partial charge in [0.05, 0.1) is 21.3 Å². The van der Waals surface area contributed by atoms with Crippen LogP contribution in [-0.4, -0.2) is 51.5 Å². The molecular weight excluding hydrogens is 304 g/mol. The van der Waals surface area contributed by atoms with Gasteiger partial charge in [-0.25, -0.2) is 0 Å². The van der Waals surface area contributed by atoms with E-state index in [9.17, 15) is 0 Å². The molecule has 0 bridgehead atoms. The Morgan fingerprint density at radius 1 is 0.773 bits per heavy atom. The number of rotatable bonds is 10. The molecule has 0 saturated heterocycles. The fourth-order valence-electron chi connectivity index (χ4n) is 2.41. The summed E-state index contributed by atoms with van der Waals surface area (Å²) in [5.41, 5.74) is 1.05. The lowest BCUT2D eigenvalue weighted by Gasteiger charge is -2.24. The Bertz CT molecular complexity index is 453. The van der Waals surface area contributed by atoms with Gasteiger partial charge >= 0.3 is 8.80 Å². The van der Waals surface area contributed by atoms with E-state index in [1.165, 1.54) is 0 Å². The van der Waals surface area contributed by atoms with Crippen LogP contribution in [0.4, 0.5) is 0 Å². The summed E-state index contributed by atoms with van der Waals surface area (Å²) in [5.74, 6) is 1.95. The van der Waals surface area contributed by atoms with E-state index in [0.29, 0.717) is 17.2 Å². The van der Waals surface area contributed by atoms with Gasteiger partial charge in [0, 0.05) is 27.4 Å². The molecule has 0 fully saturated rings. The third kappa shape index (κ3) is 4.13. The average molecular weight is 330 g/mol. The molecule has 1 rings (SSSR count). The third-order valence-electron chi connectivity index (χ3n) is 3.65. The van der Waals surface area contributed by atoms with Gasteiger partial charge in [0.25, 0.3) is 0 Å². The third-order valence-corrected chi connectivity index (χ3v) is 6.48. The Balaban J connectivity index is 2.86. The van der Waals surface area contributed by atoms with Gasteiger partial charge in [-0.15, -0.1) is 0 Å². The highest BCUT2D eigenvalue weighted by atomic mass is 28.4. The molecular formula is C15H26O6Si. The molecule has 1 aromatic rings. The molecule has 0 saturated carbocycles. The minimum Gasteiger partial charge on any atom is -0.493 e. The van der Waals surface area contributed by atoms with Crippen LogP contribution in [0.15, 0.2) is 12.1 Å². The van der Waals surface area contributed by atoms with Crippen molar-refractivity contribution in [1.82, 2.24) is 0 Å². The number of methoxy groups -OCH3 is 3. The van der Waals surface area contributed by atoms with Crippen LogP contribution in [0.2, 0.25) is 6.04 Å². The van der Waals surface area contributed by atoms with E-state index in [2.05, 4.69) is 0 Å². The SMILES string of the molecule is COc1ccc(CCC[Si](OC)(OC)OC)c(OC)c1OC. The van der Waals surface area contributed by atoms with Crippen LogP contribution in [-0.2, 0) is 19.7 Å². The predicted octanol–water partition coefficient (Wildman–Crippen LogP) is 2.52. The maximum absolute atomic E-state index is 5.48. The van der Waals surface area contributed by atoms with Crippen molar-refractivity contribution in [3.8, 4) is 17.2 Å². The second kappa shape index (κ2) is 8.99. The minimum absolute atomic E-state index is 0.608. The van der Waals surface area contributed by atoms with E-state index in [4.69, 9.17) is 27.5 Å². The number of hydrogen-bond donors (Lipinski definition) is 0. The molecule has 0 radical (unpaired) electrons. The fraction of sp³-hybridized carbons (Fsp3) is 0.600. The molecule has 0 aromatic heterocycles. The van der Waals surface area contributed by atoms with E-state index in [0.717, 1.165) is 24.4 Å². The van der Waals surface area contributed by atoms with Crippen LogP contribution < -0.4 is 14.2 Å². The van der Waals surface area contributed by atoms with Gasteiger partial charge < -0.3 is 27.5 Å². The van der Waals surface area contributed by atoms with E-state index in [-0.39, 0.29) is 0 Å². The summed E-state index contributed by atoms with van der Waals surface area (Å²) in [5, 5.41) is 0. The number of benzene rings is 1. The number of ether oxygens (including phenoxy) is 3. The first kappa shape index (κ1) is 18.8. The van der Waals surface area contributed by atoms with Crippen LogP contribution in [0.3, 0.4) is 0 Å². The first-order valence-corrected chi connectivity index (χ1v) is 8.97. The Morgan fingerprint density at radius 2 is 1.36 bits per heavy atom. The molecule has 0 spiro atoms.